The number of likely N-dealkylation sites (N-methyl/N-ethyl adjacent to an activating group) is 1. The zero-order valence-corrected chi connectivity index (χ0v) is 8.69. The fourth-order valence-corrected chi connectivity index (χ4v) is 0.988. The number of hydrogen-bond acceptors (Lipinski definition) is 4. The van der Waals surface area contributed by atoms with Gasteiger partial charge in [-0.05, 0) is 6.54 Å². The molecule has 0 saturated carbocycles. The minimum atomic E-state index is -0.957. The Hall–Kier alpha value is -1.61. The summed E-state index contributed by atoms with van der Waals surface area (Å²) in [7, 11) is 0. The average Bonchev–Trinajstić information content (AvgIpc) is 2.16. The van der Waals surface area contributed by atoms with Gasteiger partial charge in [-0.15, -0.1) is 0 Å². The van der Waals surface area contributed by atoms with Crippen molar-refractivity contribution in [2.24, 2.45) is 0 Å². The van der Waals surface area contributed by atoms with Crippen molar-refractivity contribution in [3.63, 3.8) is 0 Å². The molecule has 1 amide bonds. The Morgan fingerprint density at radius 1 is 1.47 bits per heavy atom. The number of aliphatic carboxylic acids is 1. The Morgan fingerprint density at radius 3 is 2.60 bits per heavy atom. The van der Waals surface area contributed by atoms with E-state index in [1.165, 1.54) is 4.90 Å². The molecule has 0 aromatic rings. The summed E-state index contributed by atoms with van der Waals surface area (Å²) in [5, 5.41) is 19.3. The molecule has 0 spiro atoms. The van der Waals surface area contributed by atoms with Gasteiger partial charge in [0.25, 0.3) is 0 Å². The average molecular weight is 213 g/mol. The lowest BCUT2D eigenvalue weighted by Gasteiger charge is -2.16. The van der Waals surface area contributed by atoms with Crippen LogP contribution in [0.4, 0.5) is 0 Å². The highest BCUT2D eigenvalue weighted by Gasteiger charge is 2.11. The second kappa shape index (κ2) is 7.76. The normalized spacial score (nSPS) is 9.67. The third kappa shape index (κ3) is 7.46. The van der Waals surface area contributed by atoms with E-state index in [-0.39, 0.29) is 25.4 Å². The molecule has 0 radical (unpaired) electrons. The predicted octanol–water partition coefficient (Wildman–Crippen LogP) is -0.577. The molecule has 0 aliphatic heterocycles. The van der Waals surface area contributed by atoms with Gasteiger partial charge in [0.1, 0.15) is 0 Å². The van der Waals surface area contributed by atoms with Crippen LogP contribution in [0.5, 0.6) is 0 Å². The molecule has 6 heteroatoms. The zero-order valence-electron chi connectivity index (χ0n) is 8.69. The summed E-state index contributed by atoms with van der Waals surface area (Å²) in [6.07, 6.45) is 0.261. The van der Waals surface area contributed by atoms with Gasteiger partial charge >= 0.3 is 5.97 Å². The van der Waals surface area contributed by atoms with Crippen molar-refractivity contribution in [2.75, 3.05) is 26.2 Å². The van der Waals surface area contributed by atoms with Gasteiger partial charge in [0, 0.05) is 6.54 Å². The quantitative estimate of drug-likeness (QED) is 0.552. The maximum absolute atomic E-state index is 11.2. The van der Waals surface area contributed by atoms with Gasteiger partial charge in [-0.1, -0.05) is 6.92 Å². The highest BCUT2D eigenvalue weighted by molar-refractivity contribution is 5.79. The van der Waals surface area contributed by atoms with E-state index < -0.39 is 5.97 Å². The molecule has 6 nitrogen and oxygen atoms in total. The van der Waals surface area contributed by atoms with E-state index in [1.54, 1.807) is 6.92 Å². The third-order valence-electron chi connectivity index (χ3n) is 1.73. The Kier molecular flexibility index (Phi) is 6.93. The van der Waals surface area contributed by atoms with Crippen LogP contribution in [0.25, 0.3) is 0 Å². The van der Waals surface area contributed by atoms with Gasteiger partial charge < -0.3 is 10.4 Å². The Balaban J connectivity index is 3.81. The highest BCUT2D eigenvalue weighted by atomic mass is 16.4. The van der Waals surface area contributed by atoms with Crippen molar-refractivity contribution >= 4 is 11.9 Å². The molecular formula is C9H15N3O3. The smallest absolute Gasteiger partial charge is 0.317 e. The summed E-state index contributed by atoms with van der Waals surface area (Å²) in [5.74, 6) is -1.21. The van der Waals surface area contributed by atoms with Gasteiger partial charge in [0.05, 0.1) is 25.6 Å². The first-order valence-corrected chi connectivity index (χ1v) is 4.68. The molecule has 0 aliphatic carbocycles. The maximum Gasteiger partial charge on any atom is 0.317 e. The molecule has 0 saturated heterocycles. The lowest BCUT2D eigenvalue weighted by molar-refractivity contribution is -0.138. The largest absolute Gasteiger partial charge is 0.480 e. The number of rotatable bonds is 7. The lowest BCUT2D eigenvalue weighted by Crippen LogP contribution is -2.39. The Morgan fingerprint density at radius 2 is 2.13 bits per heavy atom. The number of hydrogen-bond donors (Lipinski definition) is 2. The van der Waals surface area contributed by atoms with Crippen LogP contribution in [-0.4, -0.2) is 48.1 Å². The minimum absolute atomic E-state index is 0.0498. The molecule has 0 fully saturated rings. The molecule has 0 aliphatic rings. The minimum Gasteiger partial charge on any atom is -0.480 e. The number of nitrogens with zero attached hydrogens (tertiary/aromatic N) is 2. The lowest BCUT2D eigenvalue weighted by atomic mass is 10.4. The second-order valence-corrected chi connectivity index (χ2v) is 2.96. The summed E-state index contributed by atoms with van der Waals surface area (Å²) in [6, 6.07) is 1.90. The molecule has 15 heavy (non-hydrogen) atoms. The van der Waals surface area contributed by atoms with E-state index in [0.29, 0.717) is 13.1 Å². The first-order valence-electron chi connectivity index (χ1n) is 4.68. The number of carboxylic acids is 1. The van der Waals surface area contributed by atoms with E-state index in [9.17, 15) is 9.59 Å². The Bertz CT molecular complexity index is 260. The standard InChI is InChI=1S/C9H15N3O3/c1-2-12(7-9(14)15)6-8(13)11-5-3-4-10/h2-3,5-7H2,1H3,(H,11,13)(H,14,15). The summed E-state index contributed by atoms with van der Waals surface area (Å²) in [5.41, 5.74) is 0. The van der Waals surface area contributed by atoms with Gasteiger partial charge in [-0.2, -0.15) is 5.26 Å². The second-order valence-electron chi connectivity index (χ2n) is 2.96. The fraction of sp³-hybridized carbons (Fsp3) is 0.667. The van der Waals surface area contributed by atoms with Crippen LogP contribution in [0.2, 0.25) is 0 Å². The number of carbonyl (C=O) groups is 2. The number of nitriles is 1. The number of amides is 1. The predicted molar refractivity (Wildman–Crippen MR) is 53.0 cm³/mol. The van der Waals surface area contributed by atoms with Crippen LogP contribution in [0, 0.1) is 11.3 Å². The van der Waals surface area contributed by atoms with Gasteiger partial charge in [-0.3, -0.25) is 14.5 Å². The van der Waals surface area contributed by atoms with E-state index in [2.05, 4.69) is 5.32 Å². The number of carbonyl (C=O) groups excluding carboxylic acids is 1. The maximum atomic E-state index is 11.2. The van der Waals surface area contributed by atoms with Crippen molar-refractivity contribution in [3.8, 4) is 6.07 Å². The molecule has 0 aromatic carbocycles. The molecule has 84 valence electrons. The van der Waals surface area contributed by atoms with Crippen LogP contribution in [0.15, 0.2) is 0 Å². The summed E-state index contributed by atoms with van der Waals surface area (Å²) in [6.45, 7) is 2.49. The van der Waals surface area contributed by atoms with Crippen molar-refractivity contribution in [1.29, 1.82) is 5.26 Å². The fourth-order valence-electron chi connectivity index (χ4n) is 0.988. The van der Waals surface area contributed by atoms with Crippen LogP contribution >= 0.6 is 0 Å². The summed E-state index contributed by atoms with van der Waals surface area (Å²) < 4.78 is 0. The SMILES string of the molecule is CCN(CC(=O)O)CC(=O)NCCC#N. The molecular weight excluding hydrogens is 198 g/mol. The molecule has 2 N–H and O–H groups in total. The summed E-state index contributed by atoms with van der Waals surface area (Å²) in [4.78, 5) is 23.1. The summed E-state index contributed by atoms with van der Waals surface area (Å²) >= 11 is 0. The van der Waals surface area contributed by atoms with Gasteiger partial charge in [0.15, 0.2) is 0 Å². The van der Waals surface area contributed by atoms with Crippen LogP contribution in [0.1, 0.15) is 13.3 Å². The van der Waals surface area contributed by atoms with Crippen molar-refractivity contribution in [1.82, 2.24) is 10.2 Å². The number of nitrogens with one attached hydrogen (secondary N) is 1. The molecule has 0 unspecified atom stereocenters. The zero-order chi connectivity index (χ0) is 11.7. The van der Waals surface area contributed by atoms with E-state index in [1.807, 2.05) is 6.07 Å². The van der Waals surface area contributed by atoms with E-state index >= 15 is 0 Å². The van der Waals surface area contributed by atoms with Crippen LogP contribution in [-0.2, 0) is 9.59 Å². The molecule has 0 heterocycles. The topological polar surface area (TPSA) is 93.4 Å². The molecule has 0 atom stereocenters. The van der Waals surface area contributed by atoms with E-state index in [4.69, 9.17) is 10.4 Å². The van der Waals surface area contributed by atoms with E-state index in [0.717, 1.165) is 0 Å². The van der Waals surface area contributed by atoms with Gasteiger partial charge in [-0.25, -0.2) is 0 Å². The first-order chi connectivity index (χ1) is 7.10. The van der Waals surface area contributed by atoms with Crippen molar-refractivity contribution in [3.05, 3.63) is 0 Å². The van der Waals surface area contributed by atoms with Crippen LogP contribution < -0.4 is 5.32 Å². The van der Waals surface area contributed by atoms with Crippen LogP contribution in [0.3, 0.4) is 0 Å². The monoisotopic (exact) mass is 213 g/mol. The molecule has 0 rings (SSSR count). The first kappa shape index (κ1) is 13.4. The number of carboxylic acid groups (broad SMARTS) is 1. The molecule has 0 aromatic heterocycles. The van der Waals surface area contributed by atoms with Gasteiger partial charge in [0.2, 0.25) is 5.91 Å². The van der Waals surface area contributed by atoms with Crippen molar-refractivity contribution < 1.29 is 14.7 Å². The Labute approximate surface area is 88.5 Å². The molecule has 0 bridgehead atoms. The third-order valence-corrected chi connectivity index (χ3v) is 1.73. The van der Waals surface area contributed by atoms with Crippen molar-refractivity contribution in [2.45, 2.75) is 13.3 Å². The highest BCUT2D eigenvalue weighted by Crippen LogP contribution is 1.87.